The van der Waals surface area contributed by atoms with Crippen LogP contribution in [0.15, 0.2) is 41.8 Å². The third-order valence-electron chi connectivity index (χ3n) is 3.48. The highest BCUT2D eigenvalue weighted by atomic mass is 35.5. The van der Waals surface area contributed by atoms with Crippen molar-refractivity contribution in [2.75, 3.05) is 0 Å². The highest BCUT2D eigenvalue weighted by Gasteiger charge is 2.33. The molecule has 4 heteroatoms. The van der Waals surface area contributed by atoms with Gasteiger partial charge in [0.05, 0.1) is 6.54 Å². The molecule has 1 aliphatic rings. The van der Waals surface area contributed by atoms with Gasteiger partial charge < -0.3 is 4.90 Å². The summed E-state index contributed by atoms with van der Waals surface area (Å²) in [5.41, 5.74) is 1.73. The number of alkyl halides is 1. The molecule has 0 saturated heterocycles. The van der Waals surface area contributed by atoms with Crippen molar-refractivity contribution in [1.29, 1.82) is 0 Å². The summed E-state index contributed by atoms with van der Waals surface area (Å²) in [5.74, 6) is 0.558. The maximum atomic E-state index is 12.7. The first-order valence-corrected chi connectivity index (χ1v) is 8.17. The van der Waals surface area contributed by atoms with Crippen LogP contribution in [0.3, 0.4) is 0 Å². The summed E-state index contributed by atoms with van der Waals surface area (Å²) in [7, 11) is 0. The Kier molecular flexibility index (Phi) is 4.08. The first-order chi connectivity index (χ1) is 9.78. The minimum atomic E-state index is 0.118. The molecule has 1 aromatic heterocycles. The molecule has 0 aliphatic heterocycles. The number of hydrogen-bond acceptors (Lipinski definition) is 2. The molecule has 1 saturated carbocycles. The minimum Gasteiger partial charge on any atom is -0.331 e. The van der Waals surface area contributed by atoms with Gasteiger partial charge in [0, 0.05) is 22.4 Å². The number of carbonyl (C=O) groups is 1. The van der Waals surface area contributed by atoms with Gasteiger partial charge in [0.15, 0.2) is 0 Å². The lowest BCUT2D eigenvalue weighted by Crippen LogP contribution is -2.32. The third kappa shape index (κ3) is 3.05. The van der Waals surface area contributed by atoms with Crippen LogP contribution in [0.25, 0.3) is 0 Å². The predicted octanol–water partition coefficient (Wildman–Crippen LogP) is 4.29. The highest BCUT2D eigenvalue weighted by Crippen LogP contribution is 2.30. The molecule has 0 spiro atoms. The van der Waals surface area contributed by atoms with E-state index in [0.29, 0.717) is 18.5 Å². The van der Waals surface area contributed by atoms with Crippen molar-refractivity contribution < 1.29 is 4.79 Å². The van der Waals surface area contributed by atoms with Crippen molar-refractivity contribution >= 4 is 28.8 Å². The second-order valence-electron chi connectivity index (χ2n) is 5.08. The van der Waals surface area contributed by atoms with Crippen LogP contribution in [0, 0.1) is 0 Å². The first-order valence-electron chi connectivity index (χ1n) is 6.76. The van der Waals surface area contributed by atoms with Crippen LogP contribution in [-0.2, 0) is 12.4 Å². The van der Waals surface area contributed by atoms with Gasteiger partial charge in [-0.05, 0) is 42.0 Å². The third-order valence-corrected chi connectivity index (χ3v) is 4.65. The number of benzene rings is 1. The SMILES string of the molecule is O=C(c1cccc(CCl)c1)N(Cc1cccs1)C1CC1. The topological polar surface area (TPSA) is 20.3 Å². The molecule has 0 atom stereocenters. The molecule has 2 nitrogen and oxygen atoms in total. The monoisotopic (exact) mass is 305 g/mol. The van der Waals surface area contributed by atoms with E-state index in [9.17, 15) is 4.79 Å². The van der Waals surface area contributed by atoms with Crippen LogP contribution in [0.4, 0.5) is 0 Å². The molecular weight excluding hydrogens is 290 g/mol. The molecule has 1 aliphatic carbocycles. The number of carbonyl (C=O) groups excluding carboxylic acids is 1. The minimum absolute atomic E-state index is 0.118. The Morgan fingerprint density at radius 3 is 2.80 bits per heavy atom. The summed E-state index contributed by atoms with van der Waals surface area (Å²) >= 11 is 7.55. The van der Waals surface area contributed by atoms with Gasteiger partial charge in [0.2, 0.25) is 0 Å². The zero-order valence-corrected chi connectivity index (χ0v) is 12.7. The zero-order valence-electron chi connectivity index (χ0n) is 11.1. The lowest BCUT2D eigenvalue weighted by atomic mass is 10.1. The fraction of sp³-hybridized carbons (Fsp3) is 0.312. The van der Waals surface area contributed by atoms with Gasteiger partial charge >= 0.3 is 0 Å². The Balaban J connectivity index is 1.81. The number of nitrogens with zero attached hydrogens (tertiary/aromatic N) is 1. The fourth-order valence-electron chi connectivity index (χ4n) is 2.28. The molecule has 1 amide bonds. The Morgan fingerprint density at radius 2 is 2.15 bits per heavy atom. The van der Waals surface area contributed by atoms with E-state index in [4.69, 9.17) is 11.6 Å². The van der Waals surface area contributed by atoms with Crippen LogP contribution in [0.1, 0.15) is 33.6 Å². The zero-order chi connectivity index (χ0) is 13.9. The van der Waals surface area contributed by atoms with Gasteiger partial charge in [-0.1, -0.05) is 18.2 Å². The van der Waals surface area contributed by atoms with E-state index in [1.54, 1.807) is 11.3 Å². The van der Waals surface area contributed by atoms with Crippen molar-refractivity contribution in [1.82, 2.24) is 4.90 Å². The first kappa shape index (κ1) is 13.7. The second kappa shape index (κ2) is 5.98. The molecule has 1 fully saturated rings. The summed E-state index contributed by atoms with van der Waals surface area (Å²) in [5, 5.41) is 2.05. The summed E-state index contributed by atoms with van der Waals surface area (Å²) in [6, 6.07) is 12.2. The molecule has 20 heavy (non-hydrogen) atoms. The predicted molar refractivity (Wildman–Crippen MR) is 83.2 cm³/mol. The van der Waals surface area contributed by atoms with Crippen molar-refractivity contribution in [3.8, 4) is 0 Å². The quantitative estimate of drug-likeness (QED) is 0.755. The van der Waals surface area contributed by atoms with Gasteiger partial charge in [0.25, 0.3) is 5.91 Å². The summed E-state index contributed by atoms with van der Waals surface area (Å²) in [6.45, 7) is 0.715. The molecule has 0 radical (unpaired) electrons. The Hall–Kier alpha value is -1.32. The lowest BCUT2D eigenvalue weighted by molar-refractivity contribution is 0.0731. The van der Waals surface area contributed by atoms with Crippen LogP contribution < -0.4 is 0 Å². The molecule has 0 N–H and O–H groups in total. The van der Waals surface area contributed by atoms with Crippen molar-refractivity contribution in [3.63, 3.8) is 0 Å². The highest BCUT2D eigenvalue weighted by molar-refractivity contribution is 7.09. The van der Waals surface area contributed by atoms with Crippen molar-refractivity contribution in [2.24, 2.45) is 0 Å². The van der Waals surface area contributed by atoms with Gasteiger partial charge in [-0.3, -0.25) is 4.79 Å². The van der Waals surface area contributed by atoms with E-state index in [0.717, 1.165) is 24.0 Å². The van der Waals surface area contributed by atoms with E-state index in [-0.39, 0.29) is 5.91 Å². The lowest BCUT2D eigenvalue weighted by Gasteiger charge is -2.22. The van der Waals surface area contributed by atoms with E-state index in [2.05, 4.69) is 11.4 Å². The molecule has 104 valence electrons. The largest absolute Gasteiger partial charge is 0.331 e. The molecule has 2 aromatic rings. The summed E-state index contributed by atoms with van der Waals surface area (Å²) < 4.78 is 0. The molecule has 1 heterocycles. The van der Waals surface area contributed by atoms with Crippen LogP contribution in [0.5, 0.6) is 0 Å². The van der Waals surface area contributed by atoms with E-state index < -0.39 is 0 Å². The van der Waals surface area contributed by atoms with Crippen LogP contribution in [0.2, 0.25) is 0 Å². The smallest absolute Gasteiger partial charge is 0.254 e. The Morgan fingerprint density at radius 1 is 1.30 bits per heavy atom. The molecule has 0 bridgehead atoms. The maximum Gasteiger partial charge on any atom is 0.254 e. The summed E-state index contributed by atoms with van der Waals surface area (Å²) in [4.78, 5) is 15.9. The molecule has 3 rings (SSSR count). The van der Waals surface area contributed by atoms with E-state index in [1.807, 2.05) is 35.2 Å². The Labute approximate surface area is 128 Å². The van der Waals surface area contributed by atoms with Crippen molar-refractivity contribution in [2.45, 2.75) is 31.3 Å². The molecule has 1 aromatic carbocycles. The number of hydrogen-bond donors (Lipinski definition) is 0. The molecule has 0 unspecified atom stereocenters. The number of rotatable bonds is 5. The van der Waals surface area contributed by atoms with Gasteiger partial charge in [-0.15, -0.1) is 22.9 Å². The maximum absolute atomic E-state index is 12.7. The van der Waals surface area contributed by atoms with Crippen LogP contribution in [-0.4, -0.2) is 16.8 Å². The van der Waals surface area contributed by atoms with E-state index in [1.165, 1.54) is 4.88 Å². The second-order valence-corrected chi connectivity index (χ2v) is 6.38. The Bertz CT molecular complexity index is 592. The van der Waals surface area contributed by atoms with Gasteiger partial charge in [-0.2, -0.15) is 0 Å². The van der Waals surface area contributed by atoms with Crippen LogP contribution >= 0.6 is 22.9 Å². The summed E-state index contributed by atoms with van der Waals surface area (Å²) in [6.07, 6.45) is 2.23. The fourth-order valence-corrected chi connectivity index (χ4v) is 3.15. The number of thiophene rings is 1. The molecular formula is C16H16ClNOS. The van der Waals surface area contributed by atoms with Crippen molar-refractivity contribution in [3.05, 3.63) is 57.8 Å². The van der Waals surface area contributed by atoms with E-state index >= 15 is 0 Å². The average molecular weight is 306 g/mol. The van der Waals surface area contributed by atoms with Gasteiger partial charge in [-0.25, -0.2) is 0 Å². The standard InChI is InChI=1S/C16H16ClNOS/c17-10-12-3-1-4-13(9-12)16(19)18(14-6-7-14)11-15-5-2-8-20-15/h1-5,8-9,14H,6-7,10-11H2. The van der Waals surface area contributed by atoms with Gasteiger partial charge in [0.1, 0.15) is 0 Å². The number of halogens is 1. The number of amides is 1. The normalized spacial score (nSPS) is 14.2. The average Bonchev–Trinajstić information content (AvgIpc) is 3.20.